The van der Waals surface area contributed by atoms with Gasteiger partial charge < -0.3 is 9.64 Å². The quantitative estimate of drug-likeness (QED) is 0.839. The zero-order valence-electron chi connectivity index (χ0n) is 11.7. The van der Waals surface area contributed by atoms with E-state index in [-0.39, 0.29) is 17.9 Å². The number of hydrogen-bond acceptors (Lipinski definition) is 2. The third kappa shape index (κ3) is 2.70. The highest BCUT2D eigenvalue weighted by atomic mass is 35.5. The summed E-state index contributed by atoms with van der Waals surface area (Å²) in [5, 5.41) is 0.761. The molecule has 1 aromatic carbocycles. The summed E-state index contributed by atoms with van der Waals surface area (Å²) in [5.74, 6) is 0.763. The Labute approximate surface area is 124 Å². The van der Waals surface area contributed by atoms with Crippen molar-refractivity contribution in [3.05, 3.63) is 34.9 Å². The van der Waals surface area contributed by atoms with Gasteiger partial charge in [-0.05, 0) is 37.5 Å². The van der Waals surface area contributed by atoms with Crippen molar-refractivity contribution < 1.29 is 9.53 Å². The summed E-state index contributed by atoms with van der Waals surface area (Å²) >= 11 is 5.92. The Morgan fingerprint density at radius 2 is 2.05 bits per heavy atom. The van der Waals surface area contributed by atoms with Gasteiger partial charge in [-0.2, -0.15) is 0 Å². The lowest BCUT2D eigenvalue weighted by molar-refractivity contribution is -0.135. The van der Waals surface area contributed by atoms with Gasteiger partial charge in [0.05, 0.1) is 12.0 Å². The normalized spacial score (nSPS) is 29.9. The van der Waals surface area contributed by atoms with Gasteiger partial charge in [0, 0.05) is 30.6 Å². The average Bonchev–Trinajstić information content (AvgIpc) is 3.08. The second-order valence-corrected chi connectivity index (χ2v) is 6.23. The minimum atomic E-state index is 0.0546. The molecule has 3 nitrogen and oxygen atoms in total. The van der Waals surface area contributed by atoms with Gasteiger partial charge in [-0.1, -0.05) is 23.7 Å². The molecule has 2 saturated heterocycles. The van der Waals surface area contributed by atoms with E-state index >= 15 is 0 Å². The van der Waals surface area contributed by atoms with Gasteiger partial charge in [-0.3, -0.25) is 4.79 Å². The van der Waals surface area contributed by atoms with Crippen LogP contribution >= 0.6 is 11.6 Å². The Balaban J connectivity index is 1.64. The van der Waals surface area contributed by atoms with Crippen molar-refractivity contribution in [1.82, 2.24) is 4.90 Å². The number of ether oxygens (including phenoxy) is 1. The summed E-state index contributed by atoms with van der Waals surface area (Å²) in [6, 6.07) is 7.99. The molecule has 1 amide bonds. The van der Waals surface area contributed by atoms with E-state index in [2.05, 4.69) is 12.1 Å². The molecule has 3 atom stereocenters. The van der Waals surface area contributed by atoms with Crippen LogP contribution in [0.1, 0.15) is 31.2 Å². The van der Waals surface area contributed by atoms with Crippen LogP contribution in [0.5, 0.6) is 0 Å². The molecular formula is C16H20ClNO2. The van der Waals surface area contributed by atoms with Crippen molar-refractivity contribution in [2.45, 2.75) is 31.8 Å². The molecule has 0 aromatic heterocycles. The minimum absolute atomic E-state index is 0.0546. The molecule has 0 unspecified atom stereocenters. The smallest absolute Gasteiger partial charge is 0.228 e. The molecule has 0 bridgehead atoms. The Morgan fingerprint density at radius 1 is 1.30 bits per heavy atom. The number of amides is 1. The van der Waals surface area contributed by atoms with Crippen molar-refractivity contribution in [3.8, 4) is 0 Å². The first-order valence-electron chi connectivity index (χ1n) is 7.31. The van der Waals surface area contributed by atoms with Gasteiger partial charge in [-0.25, -0.2) is 0 Å². The van der Waals surface area contributed by atoms with Crippen molar-refractivity contribution >= 4 is 17.5 Å². The van der Waals surface area contributed by atoms with Crippen molar-refractivity contribution in [2.75, 3.05) is 19.7 Å². The number of benzene rings is 1. The number of hydrogen-bond donors (Lipinski definition) is 0. The first kappa shape index (κ1) is 13.9. The van der Waals surface area contributed by atoms with Crippen LogP contribution in [0.4, 0.5) is 0 Å². The average molecular weight is 294 g/mol. The van der Waals surface area contributed by atoms with Crippen LogP contribution < -0.4 is 0 Å². The highest BCUT2D eigenvalue weighted by Gasteiger charge is 2.36. The Hall–Kier alpha value is -1.06. The first-order valence-corrected chi connectivity index (χ1v) is 7.69. The molecule has 0 radical (unpaired) electrons. The molecule has 3 rings (SSSR count). The summed E-state index contributed by atoms with van der Waals surface area (Å²) in [7, 11) is 0. The fourth-order valence-corrected chi connectivity index (χ4v) is 3.38. The lowest BCUT2D eigenvalue weighted by atomic mass is 9.98. The van der Waals surface area contributed by atoms with Crippen LogP contribution in [-0.2, 0) is 9.53 Å². The van der Waals surface area contributed by atoms with Crippen molar-refractivity contribution in [3.63, 3.8) is 0 Å². The molecule has 1 aromatic rings. The van der Waals surface area contributed by atoms with Crippen LogP contribution in [0.15, 0.2) is 24.3 Å². The standard InChI is InChI=1S/C16H20ClNO2/c1-11-15(7-9-20-11)16(19)18-8-6-13(10-18)12-2-4-14(17)5-3-12/h2-5,11,13,15H,6-10H2,1H3/t11-,13-,15+/m0/s1. The summed E-state index contributed by atoms with van der Waals surface area (Å²) in [4.78, 5) is 14.5. The molecule has 0 aliphatic carbocycles. The number of carbonyl (C=O) groups is 1. The van der Waals surface area contributed by atoms with Gasteiger partial charge in [0.25, 0.3) is 0 Å². The number of halogens is 1. The maximum Gasteiger partial charge on any atom is 0.228 e. The van der Waals surface area contributed by atoms with E-state index in [4.69, 9.17) is 16.3 Å². The molecule has 4 heteroatoms. The lowest BCUT2D eigenvalue weighted by Gasteiger charge is -2.22. The van der Waals surface area contributed by atoms with E-state index in [9.17, 15) is 4.79 Å². The van der Waals surface area contributed by atoms with Gasteiger partial charge in [0.15, 0.2) is 0 Å². The van der Waals surface area contributed by atoms with Crippen molar-refractivity contribution in [2.24, 2.45) is 5.92 Å². The Bertz CT molecular complexity index is 488. The second kappa shape index (κ2) is 5.74. The lowest BCUT2D eigenvalue weighted by Crippen LogP contribution is -2.37. The first-order chi connectivity index (χ1) is 9.65. The van der Waals surface area contributed by atoms with Crippen LogP contribution in [0.3, 0.4) is 0 Å². The molecule has 108 valence electrons. The predicted octanol–water partition coefficient (Wildman–Crippen LogP) is 3.08. The molecular weight excluding hydrogens is 274 g/mol. The van der Waals surface area contributed by atoms with Crippen LogP contribution in [-0.4, -0.2) is 36.6 Å². The van der Waals surface area contributed by atoms with E-state index in [1.165, 1.54) is 5.56 Å². The van der Waals surface area contributed by atoms with Gasteiger partial charge in [0.2, 0.25) is 5.91 Å². The predicted molar refractivity (Wildman–Crippen MR) is 78.9 cm³/mol. The van der Waals surface area contributed by atoms with Gasteiger partial charge in [0.1, 0.15) is 0 Å². The van der Waals surface area contributed by atoms with Crippen molar-refractivity contribution in [1.29, 1.82) is 0 Å². The second-order valence-electron chi connectivity index (χ2n) is 5.79. The van der Waals surface area contributed by atoms with Gasteiger partial charge in [-0.15, -0.1) is 0 Å². The van der Waals surface area contributed by atoms with E-state index < -0.39 is 0 Å². The van der Waals surface area contributed by atoms with E-state index in [0.29, 0.717) is 12.5 Å². The molecule has 0 spiro atoms. The molecule has 2 aliphatic heterocycles. The fraction of sp³-hybridized carbons (Fsp3) is 0.562. The molecule has 0 saturated carbocycles. The Morgan fingerprint density at radius 3 is 2.70 bits per heavy atom. The Kier molecular flexibility index (Phi) is 3.99. The number of likely N-dealkylation sites (tertiary alicyclic amines) is 1. The largest absolute Gasteiger partial charge is 0.378 e. The van der Waals surface area contributed by atoms with Gasteiger partial charge >= 0.3 is 0 Å². The molecule has 0 N–H and O–H groups in total. The number of rotatable bonds is 2. The molecule has 2 aliphatic rings. The van der Waals surface area contributed by atoms with Crippen LogP contribution in [0, 0.1) is 5.92 Å². The maximum atomic E-state index is 12.5. The van der Waals surface area contributed by atoms with E-state index in [1.807, 2.05) is 24.0 Å². The zero-order chi connectivity index (χ0) is 14.1. The maximum absolute atomic E-state index is 12.5. The third-order valence-electron chi connectivity index (χ3n) is 4.53. The highest BCUT2D eigenvalue weighted by Crippen LogP contribution is 2.31. The fourth-order valence-electron chi connectivity index (χ4n) is 3.26. The summed E-state index contributed by atoms with van der Waals surface area (Å²) in [6.45, 7) is 4.40. The summed E-state index contributed by atoms with van der Waals surface area (Å²) in [5.41, 5.74) is 1.28. The molecule has 2 heterocycles. The van der Waals surface area contributed by atoms with Crippen LogP contribution in [0.25, 0.3) is 0 Å². The third-order valence-corrected chi connectivity index (χ3v) is 4.79. The molecule has 20 heavy (non-hydrogen) atoms. The van der Waals surface area contributed by atoms with E-state index in [0.717, 1.165) is 31.0 Å². The number of carbonyl (C=O) groups excluding carboxylic acids is 1. The summed E-state index contributed by atoms with van der Waals surface area (Å²) in [6.07, 6.45) is 1.97. The van der Waals surface area contributed by atoms with E-state index in [1.54, 1.807) is 0 Å². The monoisotopic (exact) mass is 293 g/mol. The minimum Gasteiger partial charge on any atom is -0.378 e. The molecule has 2 fully saturated rings. The number of nitrogens with zero attached hydrogens (tertiary/aromatic N) is 1. The highest BCUT2D eigenvalue weighted by molar-refractivity contribution is 6.30. The zero-order valence-corrected chi connectivity index (χ0v) is 12.5. The SMILES string of the molecule is C[C@@H]1OCC[C@H]1C(=O)N1CC[C@H](c2ccc(Cl)cc2)C1. The van der Waals surface area contributed by atoms with Crippen LogP contribution in [0.2, 0.25) is 5.02 Å². The summed E-state index contributed by atoms with van der Waals surface area (Å²) < 4.78 is 5.51. The topological polar surface area (TPSA) is 29.5 Å².